The fraction of sp³-hybridized carbons (Fsp3) is 1.00. The lowest BCUT2D eigenvalue weighted by atomic mass is 10.2. The van der Waals surface area contributed by atoms with Gasteiger partial charge in [0.25, 0.3) is 0 Å². The Kier molecular flexibility index (Phi) is 2.80. The molecule has 1 unspecified atom stereocenters. The molecule has 1 fully saturated rings. The molecule has 0 aromatic rings. The van der Waals surface area contributed by atoms with Crippen molar-refractivity contribution in [1.82, 2.24) is 0 Å². The minimum Gasteiger partial charge on any atom is -0.352 e. The monoisotopic (exact) mass is 180 g/mol. The van der Waals surface area contributed by atoms with E-state index in [1.807, 2.05) is 0 Å². The summed E-state index contributed by atoms with van der Waals surface area (Å²) in [6.45, 7) is 0.844. The van der Waals surface area contributed by atoms with Crippen molar-refractivity contribution in [1.29, 1.82) is 0 Å². The quantitative estimate of drug-likeness (QED) is 0.614. The van der Waals surface area contributed by atoms with Gasteiger partial charge in [0.2, 0.25) is 0 Å². The van der Waals surface area contributed by atoms with E-state index >= 15 is 0 Å². The van der Waals surface area contributed by atoms with Gasteiger partial charge in [0.15, 0.2) is 6.29 Å². The highest BCUT2D eigenvalue weighted by Crippen LogP contribution is 2.14. The third kappa shape index (κ3) is 1.73. The van der Waals surface area contributed by atoms with E-state index in [9.17, 15) is 0 Å². The molecule has 1 aliphatic heterocycles. The molecule has 1 rings (SSSR count). The molecule has 0 aromatic carbocycles. The molecule has 0 spiro atoms. The third-order valence-electron chi connectivity index (χ3n) is 1.24. The van der Waals surface area contributed by atoms with Gasteiger partial charge in [0, 0.05) is 6.61 Å². The van der Waals surface area contributed by atoms with Crippen molar-refractivity contribution < 1.29 is 8.57 Å². The van der Waals surface area contributed by atoms with E-state index in [-0.39, 0.29) is 6.29 Å². The van der Waals surface area contributed by atoms with Crippen molar-refractivity contribution in [2.45, 2.75) is 25.6 Å². The highest BCUT2D eigenvalue weighted by molar-refractivity contribution is 9.06. The van der Waals surface area contributed by atoms with Crippen LogP contribution in [-0.4, -0.2) is 12.9 Å². The first kappa shape index (κ1) is 6.52. The number of halogens is 1. The molecule has 8 heavy (non-hydrogen) atoms. The van der Waals surface area contributed by atoms with Crippen molar-refractivity contribution >= 4 is 16.3 Å². The first-order chi connectivity index (χ1) is 3.93. The van der Waals surface area contributed by atoms with E-state index in [4.69, 9.17) is 8.57 Å². The lowest BCUT2D eigenvalue weighted by Gasteiger charge is -2.18. The van der Waals surface area contributed by atoms with Crippen LogP contribution in [0.3, 0.4) is 0 Å². The minimum absolute atomic E-state index is 0.00347. The summed E-state index contributed by atoms with van der Waals surface area (Å²) in [4.78, 5) is 0. The van der Waals surface area contributed by atoms with E-state index in [1.54, 1.807) is 0 Å². The molecule has 0 aliphatic carbocycles. The molecular weight excluding hydrogens is 172 g/mol. The van der Waals surface area contributed by atoms with Gasteiger partial charge in [0.05, 0.1) is 0 Å². The van der Waals surface area contributed by atoms with E-state index < -0.39 is 0 Å². The highest BCUT2D eigenvalue weighted by atomic mass is 79.9. The Hall–Kier alpha value is 0.400. The summed E-state index contributed by atoms with van der Waals surface area (Å²) >= 11 is 2.89. The predicted octanol–water partition coefficient (Wildman–Crippen LogP) is 1.84. The van der Waals surface area contributed by atoms with Gasteiger partial charge in [-0.3, -0.25) is 3.83 Å². The second-order valence-electron chi connectivity index (χ2n) is 1.89. The summed E-state index contributed by atoms with van der Waals surface area (Å²) in [5.74, 6) is 0. The highest BCUT2D eigenvalue weighted by Gasteiger charge is 2.11. The van der Waals surface area contributed by atoms with Crippen LogP contribution in [0.15, 0.2) is 0 Å². The fourth-order valence-corrected chi connectivity index (χ4v) is 1.08. The third-order valence-corrected chi connectivity index (χ3v) is 1.65. The lowest BCUT2D eigenvalue weighted by Crippen LogP contribution is -2.18. The molecule has 1 saturated heterocycles. The standard InChI is InChI=1S/C5H9BrO2/c6-8-5-3-1-2-4-7-5/h5H,1-4H2. The van der Waals surface area contributed by atoms with Crippen molar-refractivity contribution in [3.05, 3.63) is 0 Å². The van der Waals surface area contributed by atoms with E-state index in [2.05, 4.69) is 16.3 Å². The number of hydrogen-bond donors (Lipinski definition) is 0. The molecule has 2 nitrogen and oxygen atoms in total. The Bertz CT molecular complexity index is 61.4. The second kappa shape index (κ2) is 3.43. The van der Waals surface area contributed by atoms with Crippen LogP contribution >= 0.6 is 16.3 Å². The Morgan fingerprint density at radius 3 is 2.75 bits per heavy atom. The van der Waals surface area contributed by atoms with Crippen molar-refractivity contribution in [3.8, 4) is 0 Å². The molecule has 0 saturated carbocycles. The van der Waals surface area contributed by atoms with Crippen molar-refractivity contribution in [2.75, 3.05) is 6.61 Å². The average molecular weight is 181 g/mol. The topological polar surface area (TPSA) is 18.5 Å². The molecule has 0 N–H and O–H groups in total. The summed E-state index contributed by atoms with van der Waals surface area (Å²) in [6, 6.07) is 0. The van der Waals surface area contributed by atoms with Gasteiger partial charge in [-0.2, -0.15) is 0 Å². The Morgan fingerprint density at radius 1 is 1.50 bits per heavy atom. The summed E-state index contributed by atoms with van der Waals surface area (Å²) in [5.41, 5.74) is 0. The van der Waals surface area contributed by atoms with Crippen LogP contribution in [0, 0.1) is 0 Å². The van der Waals surface area contributed by atoms with Gasteiger partial charge >= 0.3 is 0 Å². The maximum Gasteiger partial charge on any atom is 0.170 e. The molecule has 0 radical (unpaired) electrons. The molecule has 0 bridgehead atoms. The molecular formula is C5H9BrO2. The Labute approximate surface area is 57.6 Å². The van der Waals surface area contributed by atoms with Gasteiger partial charge < -0.3 is 4.74 Å². The van der Waals surface area contributed by atoms with E-state index in [0.29, 0.717) is 0 Å². The SMILES string of the molecule is BrOC1CCCCO1. The summed E-state index contributed by atoms with van der Waals surface area (Å²) < 4.78 is 9.94. The number of rotatable bonds is 1. The van der Waals surface area contributed by atoms with Crippen LogP contribution in [0.4, 0.5) is 0 Å². The predicted molar refractivity (Wildman–Crippen MR) is 33.6 cm³/mol. The maximum absolute atomic E-state index is 5.16. The van der Waals surface area contributed by atoms with Crippen LogP contribution in [0.1, 0.15) is 19.3 Å². The maximum atomic E-state index is 5.16. The zero-order chi connectivity index (χ0) is 5.82. The number of hydrogen-bond acceptors (Lipinski definition) is 2. The summed E-state index contributed by atoms with van der Waals surface area (Å²) in [7, 11) is 0. The van der Waals surface area contributed by atoms with Crippen LogP contribution in [-0.2, 0) is 8.57 Å². The average Bonchev–Trinajstić information content (AvgIpc) is 1.90. The minimum atomic E-state index is 0.00347. The van der Waals surface area contributed by atoms with Gasteiger partial charge in [0.1, 0.15) is 16.3 Å². The Balaban J connectivity index is 2.13. The van der Waals surface area contributed by atoms with Gasteiger partial charge in [-0.1, -0.05) is 0 Å². The zero-order valence-corrected chi connectivity index (χ0v) is 6.19. The fourth-order valence-electron chi connectivity index (χ4n) is 0.781. The summed E-state index contributed by atoms with van der Waals surface area (Å²) in [5, 5.41) is 0. The lowest BCUT2D eigenvalue weighted by molar-refractivity contribution is -0.0905. The first-order valence-corrected chi connectivity index (χ1v) is 3.47. The van der Waals surface area contributed by atoms with E-state index in [0.717, 1.165) is 13.0 Å². The van der Waals surface area contributed by atoms with Crippen molar-refractivity contribution in [2.24, 2.45) is 0 Å². The number of ether oxygens (including phenoxy) is 1. The first-order valence-electron chi connectivity index (χ1n) is 2.82. The van der Waals surface area contributed by atoms with Gasteiger partial charge in [-0.05, 0) is 19.3 Å². The molecule has 0 aromatic heterocycles. The van der Waals surface area contributed by atoms with Crippen molar-refractivity contribution in [3.63, 3.8) is 0 Å². The summed E-state index contributed by atoms with van der Waals surface area (Å²) in [6.07, 6.45) is 3.41. The molecule has 3 heteroatoms. The van der Waals surface area contributed by atoms with Crippen LogP contribution in [0.25, 0.3) is 0 Å². The second-order valence-corrected chi connectivity index (χ2v) is 2.26. The van der Waals surface area contributed by atoms with Gasteiger partial charge in [-0.25, -0.2) is 0 Å². The Morgan fingerprint density at radius 2 is 2.38 bits per heavy atom. The largest absolute Gasteiger partial charge is 0.352 e. The molecule has 1 heterocycles. The van der Waals surface area contributed by atoms with Crippen LogP contribution < -0.4 is 0 Å². The smallest absolute Gasteiger partial charge is 0.170 e. The van der Waals surface area contributed by atoms with Gasteiger partial charge in [-0.15, -0.1) is 0 Å². The van der Waals surface area contributed by atoms with E-state index in [1.165, 1.54) is 12.8 Å². The molecule has 48 valence electrons. The molecule has 0 amide bonds. The molecule has 1 aliphatic rings. The normalized spacial score (nSPS) is 30.4. The molecule has 1 atom stereocenters. The van der Waals surface area contributed by atoms with Crippen LogP contribution in [0.5, 0.6) is 0 Å². The van der Waals surface area contributed by atoms with Crippen LogP contribution in [0.2, 0.25) is 0 Å². The zero-order valence-electron chi connectivity index (χ0n) is 4.60.